The number of aliphatic hydroxyl groups excluding tert-OH is 5. The number of hydrogen-bond donors (Lipinski definition) is 6. The zero-order chi connectivity index (χ0) is 23.9. The van der Waals surface area contributed by atoms with Crippen molar-refractivity contribution < 1.29 is 44.5 Å². The quantitative estimate of drug-likeness (QED) is 0.102. The highest BCUT2D eigenvalue weighted by Gasteiger charge is 2.43. The maximum Gasteiger partial charge on any atom is 0.110 e. The van der Waals surface area contributed by atoms with Crippen LogP contribution in [0.1, 0.15) is 13.3 Å². The first-order chi connectivity index (χ1) is 15.5. The van der Waals surface area contributed by atoms with E-state index < -0.39 is 30.5 Å². The third-order valence-electron chi connectivity index (χ3n) is 5.62. The van der Waals surface area contributed by atoms with E-state index in [0.717, 1.165) is 0 Å². The van der Waals surface area contributed by atoms with Gasteiger partial charge >= 0.3 is 0 Å². The van der Waals surface area contributed by atoms with Gasteiger partial charge in [-0.2, -0.15) is 0 Å². The van der Waals surface area contributed by atoms with Gasteiger partial charge in [0.05, 0.1) is 64.1 Å². The minimum Gasteiger partial charge on any atom is -0.395 e. The van der Waals surface area contributed by atoms with E-state index in [0.29, 0.717) is 26.1 Å². The Kier molecular flexibility index (Phi) is 15.4. The summed E-state index contributed by atoms with van der Waals surface area (Å²) in [5, 5.41) is 52.2. The standard InChI is InChI=1S/C21H42N2O9/c1-4-16-18(10-26)32-19(21(28)20(16)27)13-30-11-14(7-22-2)17(9-25)31-15(12-29-3)8-23-5-6-24/h7,14-21,23-28H,4-6,8-13H2,1-3H3/t14-,15+,16-,17?,18?,19-,20+,21?/m1/s1. The lowest BCUT2D eigenvalue weighted by atomic mass is 9.85. The van der Waals surface area contributed by atoms with Crippen molar-refractivity contribution in [2.75, 3.05) is 66.9 Å². The minimum atomic E-state index is -1.13. The van der Waals surface area contributed by atoms with Gasteiger partial charge in [0, 0.05) is 45.3 Å². The van der Waals surface area contributed by atoms with Crippen LogP contribution in [-0.4, -0.2) is 135 Å². The van der Waals surface area contributed by atoms with Crippen molar-refractivity contribution in [2.45, 2.75) is 50.0 Å². The predicted octanol–water partition coefficient (Wildman–Crippen LogP) is -2.20. The second-order valence-electron chi connectivity index (χ2n) is 7.92. The summed E-state index contributed by atoms with van der Waals surface area (Å²) in [6, 6.07) is 0. The molecule has 1 heterocycles. The van der Waals surface area contributed by atoms with Crippen LogP contribution in [0.15, 0.2) is 4.99 Å². The van der Waals surface area contributed by atoms with Crippen LogP contribution in [0.5, 0.6) is 0 Å². The molecule has 1 aliphatic heterocycles. The summed E-state index contributed by atoms with van der Waals surface area (Å²) in [5.74, 6) is -0.736. The molecule has 0 radical (unpaired) electrons. The fourth-order valence-corrected chi connectivity index (χ4v) is 3.88. The molecular weight excluding hydrogens is 424 g/mol. The summed E-state index contributed by atoms with van der Waals surface area (Å²) < 4.78 is 22.7. The highest BCUT2D eigenvalue weighted by Crippen LogP contribution is 2.28. The van der Waals surface area contributed by atoms with E-state index in [1.54, 1.807) is 20.4 Å². The second kappa shape index (κ2) is 16.8. The molecule has 0 spiro atoms. The Morgan fingerprint density at radius 1 is 1.12 bits per heavy atom. The summed E-state index contributed by atoms with van der Waals surface area (Å²) in [4.78, 5) is 4.04. The minimum absolute atomic E-state index is 0.00200. The molecule has 32 heavy (non-hydrogen) atoms. The molecule has 0 aromatic rings. The lowest BCUT2D eigenvalue weighted by Gasteiger charge is -2.42. The SMILES string of the molecule is CC[C@@H]1C(CO)O[C@H](COC[C@@H](C=NC)C(CO)O[C@@H](CNCCO)COC)C(O)[C@H]1O. The van der Waals surface area contributed by atoms with Gasteiger partial charge in [0.1, 0.15) is 12.2 Å². The number of hydrogen-bond acceptors (Lipinski definition) is 11. The zero-order valence-electron chi connectivity index (χ0n) is 19.4. The summed E-state index contributed by atoms with van der Waals surface area (Å²) in [6.07, 6.45) is -2.29. The molecule has 1 rings (SSSR count). The van der Waals surface area contributed by atoms with Gasteiger partial charge in [0.2, 0.25) is 0 Å². The van der Waals surface area contributed by atoms with E-state index in [1.165, 1.54) is 0 Å². The van der Waals surface area contributed by atoms with Gasteiger partial charge in [-0.1, -0.05) is 6.92 Å². The van der Waals surface area contributed by atoms with E-state index in [-0.39, 0.29) is 51.0 Å². The van der Waals surface area contributed by atoms with Crippen molar-refractivity contribution in [3.05, 3.63) is 0 Å². The van der Waals surface area contributed by atoms with Crippen molar-refractivity contribution in [2.24, 2.45) is 16.8 Å². The van der Waals surface area contributed by atoms with Crippen LogP contribution in [0.2, 0.25) is 0 Å². The molecule has 0 aromatic carbocycles. The van der Waals surface area contributed by atoms with E-state index in [1.807, 2.05) is 6.92 Å². The molecule has 1 saturated heterocycles. The van der Waals surface area contributed by atoms with Gasteiger partial charge in [-0.15, -0.1) is 0 Å². The zero-order valence-corrected chi connectivity index (χ0v) is 19.4. The highest BCUT2D eigenvalue weighted by atomic mass is 16.6. The molecule has 0 amide bonds. The summed E-state index contributed by atoms with van der Waals surface area (Å²) in [5.41, 5.74) is 0. The molecule has 0 aromatic heterocycles. The van der Waals surface area contributed by atoms with Gasteiger partial charge in [-0.25, -0.2) is 0 Å². The van der Waals surface area contributed by atoms with Gasteiger partial charge in [0.15, 0.2) is 0 Å². The van der Waals surface area contributed by atoms with Crippen molar-refractivity contribution in [1.82, 2.24) is 5.32 Å². The Morgan fingerprint density at radius 2 is 1.88 bits per heavy atom. The Labute approximate surface area is 190 Å². The first-order valence-corrected chi connectivity index (χ1v) is 11.2. The number of aliphatic hydroxyl groups is 5. The normalized spacial score (nSPS) is 29.3. The molecule has 0 aliphatic carbocycles. The number of nitrogens with zero attached hydrogens (tertiary/aromatic N) is 1. The maximum atomic E-state index is 10.4. The fourth-order valence-electron chi connectivity index (χ4n) is 3.88. The Morgan fingerprint density at radius 3 is 2.44 bits per heavy atom. The molecular formula is C21H42N2O9. The summed E-state index contributed by atoms with van der Waals surface area (Å²) >= 11 is 0. The van der Waals surface area contributed by atoms with Gasteiger partial charge in [0.25, 0.3) is 0 Å². The van der Waals surface area contributed by atoms with E-state index in [4.69, 9.17) is 24.1 Å². The van der Waals surface area contributed by atoms with Gasteiger partial charge in [-0.3, -0.25) is 0 Å². The smallest absolute Gasteiger partial charge is 0.110 e. The van der Waals surface area contributed by atoms with Gasteiger partial charge in [-0.05, 0) is 6.42 Å². The molecule has 11 heteroatoms. The number of rotatable bonds is 17. The Balaban J connectivity index is 2.68. The predicted molar refractivity (Wildman–Crippen MR) is 118 cm³/mol. The number of aliphatic imine (C=N–C) groups is 1. The van der Waals surface area contributed by atoms with Crippen LogP contribution in [0.3, 0.4) is 0 Å². The molecule has 1 aliphatic rings. The van der Waals surface area contributed by atoms with Crippen LogP contribution in [-0.2, 0) is 18.9 Å². The van der Waals surface area contributed by atoms with Crippen LogP contribution in [0.25, 0.3) is 0 Å². The fraction of sp³-hybridized carbons (Fsp3) is 0.952. The number of ether oxygens (including phenoxy) is 4. The van der Waals surface area contributed by atoms with Crippen LogP contribution < -0.4 is 5.32 Å². The Hall–Kier alpha value is -0.730. The van der Waals surface area contributed by atoms with E-state index >= 15 is 0 Å². The molecule has 6 N–H and O–H groups in total. The molecule has 11 nitrogen and oxygen atoms in total. The molecule has 1 fully saturated rings. The van der Waals surface area contributed by atoms with Crippen molar-refractivity contribution in [3.63, 3.8) is 0 Å². The topological polar surface area (TPSA) is 162 Å². The molecule has 0 bridgehead atoms. The number of nitrogens with one attached hydrogen (secondary N) is 1. The Bertz CT molecular complexity index is 498. The summed E-state index contributed by atoms with van der Waals surface area (Å²) in [7, 11) is 3.16. The van der Waals surface area contributed by atoms with Crippen LogP contribution in [0, 0.1) is 11.8 Å². The third kappa shape index (κ3) is 9.26. The van der Waals surface area contributed by atoms with Crippen LogP contribution >= 0.6 is 0 Å². The lowest BCUT2D eigenvalue weighted by molar-refractivity contribution is -0.222. The molecule has 0 saturated carbocycles. The number of methoxy groups -OCH3 is 1. The van der Waals surface area contributed by atoms with Gasteiger partial charge < -0.3 is 54.8 Å². The average Bonchev–Trinajstić information content (AvgIpc) is 2.79. The van der Waals surface area contributed by atoms with E-state index in [2.05, 4.69) is 10.3 Å². The first kappa shape index (κ1) is 29.3. The second-order valence-corrected chi connectivity index (χ2v) is 7.92. The van der Waals surface area contributed by atoms with Crippen molar-refractivity contribution in [1.29, 1.82) is 0 Å². The summed E-state index contributed by atoms with van der Waals surface area (Å²) in [6.45, 7) is 2.62. The molecule has 190 valence electrons. The van der Waals surface area contributed by atoms with E-state index in [9.17, 15) is 20.4 Å². The third-order valence-corrected chi connectivity index (χ3v) is 5.62. The average molecular weight is 467 g/mol. The monoisotopic (exact) mass is 466 g/mol. The highest BCUT2D eigenvalue weighted by molar-refractivity contribution is 5.61. The van der Waals surface area contributed by atoms with Crippen molar-refractivity contribution >= 4 is 6.21 Å². The molecule has 8 atom stereocenters. The largest absolute Gasteiger partial charge is 0.395 e. The van der Waals surface area contributed by atoms with Crippen molar-refractivity contribution in [3.8, 4) is 0 Å². The molecule has 3 unspecified atom stereocenters. The first-order valence-electron chi connectivity index (χ1n) is 11.2. The maximum absolute atomic E-state index is 10.4. The van der Waals surface area contributed by atoms with Crippen LogP contribution in [0.4, 0.5) is 0 Å². The lowest BCUT2D eigenvalue weighted by Crippen LogP contribution is -2.56.